The molecule has 7 rings (SSSR count). The SMILES string of the molecule is COc1cccn2nc(C3c4nc[nH]c4CCN3C(=O)c3cnn4cc(N5CCOCC5)ccc34)cc12. The van der Waals surface area contributed by atoms with E-state index < -0.39 is 6.04 Å². The van der Waals surface area contributed by atoms with Gasteiger partial charge < -0.3 is 24.3 Å². The van der Waals surface area contributed by atoms with Gasteiger partial charge in [0, 0.05) is 37.9 Å². The number of carbonyl (C=O) groups excluding carboxylic acids is 1. The summed E-state index contributed by atoms with van der Waals surface area (Å²) in [4.78, 5) is 26.0. The van der Waals surface area contributed by atoms with Crippen LogP contribution in [0.2, 0.25) is 0 Å². The fraction of sp³-hybridized carbons (Fsp3) is 0.308. The van der Waals surface area contributed by atoms with E-state index in [0.29, 0.717) is 31.7 Å². The van der Waals surface area contributed by atoms with Crippen molar-refractivity contribution in [3.05, 3.63) is 77.9 Å². The lowest BCUT2D eigenvalue weighted by Crippen LogP contribution is -2.41. The number of aromatic amines is 1. The Labute approximate surface area is 212 Å². The summed E-state index contributed by atoms with van der Waals surface area (Å²) in [5.74, 6) is 0.618. The summed E-state index contributed by atoms with van der Waals surface area (Å²) in [6.45, 7) is 3.63. The summed E-state index contributed by atoms with van der Waals surface area (Å²) in [6.07, 6.45) is 7.88. The van der Waals surface area contributed by atoms with Gasteiger partial charge in [-0.05, 0) is 30.3 Å². The van der Waals surface area contributed by atoms with E-state index >= 15 is 0 Å². The minimum Gasteiger partial charge on any atom is -0.494 e. The van der Waals surface area contributed by atoms with Crippen LogP contribution in [0.25, 0.3) is 11.0 Å². The molecule has 1 saturated heterocycles. The quantitative estimate of drug-likeness (QED) is 0.406. The summed E-state index contributed by atoms with van der Waals surface area (Å²) in [6, 6.07) is 9.34. The highest BCUT2D eigenvalue weighted by Gasteiger charge is 2.37. The first kappa shape index (κ1) is 21.9. The molecule has 2 aliphatic heterocycles. The first-order chi connectivity index (χ1) is 18.2. The molecule has 1 amide bonds. The van der Waals surface area contributed by atoms with E-state index in [1.54, 1.807) is 28.7 Å². The van der Waals surface area contributed by atoms with Gasteiger partial charge in [0.1, 0.15) is 17.3 Å². The molecule has 0 aromatic carbocycles. The Hall–Kier alpha value is -4.38. The molecule has 0 spiro atoms. The number of rotatable bonds is 4. The zero-order chi connectivity index (χ0) is 24.9. The number of pyridine rings is 2. The molecule has 1 N–H and O–H groups in total. The molecule has 37 heavy (non-hydrogen) atoms. The van der Waals surface area contributed by atoms with Crippen molar-refractivity contribution in [3.8, 4) is 5.75 Å². The van der Waals surface area contributed by atoms with Crippen LogP contribution in [-0.2, 0) is 11.2 Å². The van der Waals surface area contributed by atoms with Gasteiger partial charge in [-0.25, -0.2) is 14.0 Å². The number of aromatic nitrogens is 6. The van der Waals surface area contributed by atoms with Gasteiger partial charge in [-0.1, -0.05) is 0 Å². The van der Waals surface area contributed by atoms with Crippen molar-refractivity contribution in [2.24, 2.45) is 0 Å². The lowest BCUT2D eigenvalue weighted by molar-refractivity contribution is 0.0689. The average Bonchev–Trinajstić information content (AvgIpc) is 3.70. The van der Waals surface area contributed by atoms with Crippen LogP contribution in [0.4, 0.5) is 5.69 Å². The third-order valence-corrected chi connectivity index (χ3v) is 7.28. The number of H-pyrrole nitrogens is 1. The fourth-order valence-corrected chi connectivity index (χ4v) is 5.41. The van der Waals surface area contributed by atoms with Gasteiger partial charge in [0.2, 0.25) is 0 Å². The van der Waals surface area contributed by atoms with Crippen molar-refractivity contribution in [1.82, 2.24) is 34.1 Å². The molecule has 5 aromatic heterocycles. The van der Waals surface area contributed by atoms with Crippen LogP contribution in [0, 0.1) is 0 Å². The zero-order valence-electron chi connectivity index (χ0n) is 20.4. The number of morpholine rings is 1. The van der Waals surface area contributed by atoms with Crippen molar-refractivity contribution in [1.29, 1.82) is 0 Å². The maximum Gasteiger partial charge on any atom is 0.258 e. The van der Waals surface area contributed by atoms with Crippen LogP contribution >= 0.6 is 0 Å². The first-order valence-corrected chi connectivity index (χ1v) is 12.4. The molecule has 11 nitrogen and oxygen atoms in total. The monoisotopic (exact) mass is 498 g/mol. The molecule has 1 unspecified atom stereocenters. The van der Waals surface area contributed by atoms with E-state index in [0.717, 1.165) is 52.6 Å². The molecule has 5 aromatic rings. The molecule has 11 heteroatoms. The molecular weight excluding hydrogens is 472 g/mol. The van der Waals surface area contributed by atoms with Gasteiger partial charge in [-0.15, -0.1) is 0 Å². The van der Waals surface area contributed by atoms with Gasteiger partial charge in [-0.3, -0.25) is 4.79 Å². The van der Waals surface area contributed by atoms with Crippen molar-refractivity contribution in [3.63, 3.8) is 0 Å². The molecule has 1 fully saturated rings. The Morgan fingerprint density at radius 2 is 2.03 bits per heavy atom. The van der Waals surface area contributed by atoms with Crippen molar-refractivity contribution in [2.75, 3.05) is 44.9 Å². The van der Waals surface area contributed by atoms with Crippen molar-refractivity contribution < 1.29 is 14.3 Å². The van der Waals surface area contributed by atoms with Crippen molar-refractivity contribution >= 4 is 22.6 Å². The van der Waals surface area contributed by atoms with Crippen molar-refractivity contribution in [2.45, 2.75) is 12.5 Å². The van der Waals surface area contributed by atoms with E-state index in [1.165, 1.54) is 0 Å². The number of hydrogen-bond acceptors (Lipinski definition) is 7. The molecular formula is C26H26N8O3. The first-order valence-electron chi connectivity index (χ1n) is 12.4. The molecule has 7 heterocycles. The fourth-order valence-electron chi connectivity index (χ4n) is 5.41. The maximum absolute atomic E-state index is 14.1. The number of imidazole rings is 1. The number of nitrogens with zero attached hydrogens (tertiary/aromatic N) is 7. The predicted molar refractivity (Wildman–Crippen MR) is 135 cm³/mol. The molecule has 0 aliphatic carbocycles. The van der Waals surface area contributed by atoms with E-state index in [1.807, 2.05) is 47.6 Å². The Bertz CT molecular complexity index is 1610. The Morgan fingerprint density at radius 1 is 1.14 bits per heavy atom. The van der Waals surface area contributed by atoms with E-state index in [-0.39, 0.29) is 5.91 Å². The minimum atomic E-state index is -0.435. The highest BCUT2D eigenvalue weighted by atomic mass is 16.5. The lowest BCUT2D eigenvalue weighted by Gasteiger charge is -2.33. The molecule has 0 saturated carbocycles. The van der Waals surface area contributed by atoms with Crippen LogP contribution in [0.1, 0.15) is 33.5 Å². The highest BCUT2D eigenvalue weighted by molar-refractivity contribution is 6.01. The Kier molecular flexibility index (Phi) is 5.10. The number of anilines is 1. The van der Waals surface area contributed by atoms with Crippen LogP contribution in [0.15, 0.2) is 55.2 Å². The average molecular weight is 499 g/mol. The number of fused-ring (bicyclic) bond motifs is 3. The largest absolute Gasteiger partial charge is 0.494 e. The van der Waals surface area contributed by atoms with E-state index in [2.05, 4.69) is 20.0 Å². The molecule has 0 bridgehead atoms. The third kappa shape index (κ3) is 3.53. The number of carbonyl (C=O) groups is 1. The van der Waals surface area contributed by atoms with Gasteiger partial charge >= 0.3 is 0 Å². The number of hydrogen-bond donors (Lipinski definition) is 1. The maximum atomic E-state index is 14.1. The summed E-state index contributed by atoms with van der Waals surface area (Å²) in [5, 5.41) is 9.35. The van der Waals surface area contributed by atoms with Crippen LogP contribution in [-0.4, -0.2) is 80.0 Å². The summed E-state index contributed by atoms with van der Waals surface area (Å²) in [5.41, 5.74) is 5.79. The topological polar surface area (TPSA) is 105 Å². The number of ether oxygens (including phenoxy) is 2. The highest BCUT2D eigenvalue weighted by Crippen LogP contribution is 2.36. The number of nitrogens with one attached hydrogen (secondary N) is 1. The van der Waals surface area contributed by atoms with Gasteiger partial charge in [0.25, 0.3) is 5.91 Å². The number of amides is 1. The molecule has 188 valence electrons. The predicted octanol–water partition coefficient (Wildman–Crippen LogP) is 2.34. The van der Waals surface area contributed by atoms with Crippen LogP contribution < -0.4 is 9.64 Å². The van der Waals surface area contributed by atoms with Crippen LogP contribution in [0.5, 0.6) is 5.75 Å². The van der Waals surface area contributed by atoms with E-state index in [9.17, 15) is 4.79 Å². The van der Waals surface area contributed by atoms with Gasteiger partial charge in [0.05, 0.1) is 67.2 Å². The third-order valence-electron chi connectivity index (χ3n) is 7.28. The Balaban J connectivity index is 1.28. The lowest BCUT2D eigenvalue weighted by atomic mass is 9.98. The summed E-state index contributed by atoms with van der Waals surface area (Å²) >= 11 is 0. The second-order valence-electron chi connectivity index (χ2n) is 9.27. The van der Waals surface area contributed by atoms with Gasteiger partial charge in [-0.2, -0.15) is 10.2 Å². The molecule has 0 radical (unpaired) electrons. The van der Waals surface area contributed by atoms with Crippen LogP contribution in [0.3, 0.4) is 0 Å². The summed E-state index contributed by atoms with van der Waals surface area (Å²) in [7, 11) is 1.64. The van der Waals surface area contributed by atoms with E-state index in [4.69, 9.17) is 14.6 Å². The molecule has 1 atom stereocenters. The number of methoxy groups -OCH3 is 1. The zero-order valence-corrected chi connectivity index (χ0v) is 20.4. The second kappa shape index (κ2) is 8.63. The Morgan fingerprint density at radius 3 is 2.89 bits per heavy atom. The smallest absolute Gasteiger partial charge is 0.258 e. The molecule has 2 aliphatic rings. The normalized spacial score (nSPS) is 17.9. The summed E-state index contributed by atoms with van der Waals surface area (Å²) < 4.78 is 14.6. The minimum absolute atomic E-state index is 0.100. The second-order valence-corrected chi connectivity index (χ2v) is 9.27. The standard InChI is InChI=1S/C26H26N8O3/c1-36-23-3-2-7-33-22(23)13-20(30-33)25-24-19(27-16-28-24)6-8-32(25)26(35)18-14-29-34-15-17(4-5-21(18)34)31-9-11-37-12-10-31/h2-5,7,13-16,25H,6,8-12H2,1H3,(H,27,28). The van der Waals surface area contributed by atoms with Gasteiger partial charge in [0.15, 0.2) is 0 Å².